The van der Waals surface area contributed by atoms with Crippen molar-refractivity contribution in [3.05, 3.63) is 53.1 Å². The average Bonchev–Trinajstić information content (AvgIpc) is 2.73. The number of hydrogen-bond donors (Lipinski definition) is 1. The van der Waals surface area contributed by atoms with Crippen molar-refractivity contribution in [3.63, 3.8) is 0 Å². The van der Waals surface area contributed by atoms with Crippen molar-refractivity contribution < 1.29 is 9.53 Å². The van der Waals surface area contributed by atoms with Gasteiger partial charge in [-0.05, 0) is 42.8 Å². The van der Waals surface area contributed by atoms with Gasteiger partial charge in [0.15, 0.2) is 0 Å². The van der Waals surface area contributed by atoms with Gasteiger partial charge in [-0.15, -0.1) is 0 Å². The van der Waals surface area contributed by atoms with E-state index in [0.717, 1.165) is 44.1 Å². The van der Waals surface area contributed by atoms with Crippen LogP contribution in [0.5, 0.6) is 5.75 Å². The molecule has 1 N–H and O–H groups in total. The van der Waals surface area contributed by atoms with Gasteiger partial charge < -0.3 is 19.9 Å². The molecule has 1 aliphatic heterocycles. The molecule has 6 heteroatoms. The van der Waals surface area contributed by atoms with E-state index in [1.54, 1.807) is 12.1 Å². The second-order valence-corrected chi connectivity index (χ2v) is 8.15. The zero-order valence-corrected chi connectivity index (χ0v) is 18.2. The molecule has 1 amide bonds. The summed E-state index contributed by atoms with van der Waals surface area (Å²) in [7, 11) is 0. The minimum atomic E-state index is -0.171. The maximum atomic E-state index is 12.9. The maximum Gasteiger partial charge on any atom is 0.255 e. The third-order valence-corrected chi connectivity index (χ3v) is 5.36. The Bertz CT molecular complexity index is 833. The molecule has 2 aromatic carbocycles. The highest BCUT2D eigenvalue weighted by Gasteiger charge is 2.21. The molecule has 29 heavy (non-hydrogen) atoms. The molecule has 0 spiro atoms. The number of para-hydroxylation sites is 1. The number of hydrogen-bond acceptors (Lipinski definition) is 4. The predicted octanol–water partition coefficient (Wildman–Crippen LogP) is 4.77. The highest BCUT2D eigenvalue weighted by molar-refractivity contribution is 6.34. The van der Waals surface area contributed by atoms with E-state index in [1.807, 2.05) is 30.3 Å². The molecule has 1 fully saturated rings. The number of nitrogens with one attached hydrogen (secondary N) is 1. The smallest absolute Gasteiger partial charge is 0.255 e. The molecule has 0 saturated carbocycles. The van der Waals surface area contributed by atoms with Crippen molar-refractivity contribution in [2.24, 2.45) is 5.92 Å². The Kier molecular flexibility index (Phi) is 7.40. The molecule has 0 unspecified atom stereocenters. The highest BCUT2D eigenvalue weighted by Crippen LogP contribution is 2.35. The summed E-state index contributed by atoms with van der Waals surface area (Å²) in [5.41, 5.74) is 2.19. The van der Waals surface area contributed by atoms with E-state index >= 15 is 0 Å². The third kappa shape index (κ3) is 5.64. The first-order chi connectivity index (χ1) is 14.0. The Morgan fingerprint density at radius 2 is 1.86 bits per heavy atom. The minimum absolute atomic E-state index is 0.171. The summed E-state index contributed by atoms with van der Waals surface area (Å²) >= 11 is 6.53. The third-order valence-electron chi connectivity index (χ3n) is 5.05. The number of rotatable bonds is 7. The van der Waals surface area contributed by atoms with Gasteiger partial charge in [0.1, 0.15) is 5.75 Å². The van der Waals surface area contributed by atoms with Crippen molar-refractivity contribution in [2.75, 3.05) is 49.5 Å². The van der Waals surface area contributed by atoms with Gasteiger partial charge in [0.2, 0.25) is 0 Å². The topological polar surface area (TPSA) is 44.8 Å². The number of carbonyl (C=O) groups excluding carboxylic acids is 1. The zero-order valence-electron chi connectivity index (χ0n) is 17.5. The number of benzene rings is 2. The molecule has 5 nitrogen and oxygen atoms in total. The van der Waals surface area contributed by atoms with Gasteiger partial charge in [-0.2, -0.15) is 0 Å². The van der Waals surface area contributed by atoms with Crippen molar-refractivity contribution in [1.29, 1.82) is 0 Å². The van der Waals surface area contributed by atoms with Crippen molar-refractivity contribution >= 4 is 28.9 Å². The first-order valence-electron chi connectivity index (χ1n) is 10.3. The summed E-state index contributed by atoms with van der Waals surface area (Å²) in [6.45, 7) is 11.8. The van der Waals surface area contributed by atoms with E-state index < -0.39 is 0 Å². The molecular formula is C23H30ClN3O2. The van der Waals surface area contributed by atoms with E-state index in [4.69, 9.17) is 16.3 Å². The van der Waals surface area contributed by atoms with E-state index in [9.17, 15) is 4.79 Å². The van der Waals surface area contributed by atoms with Gasteiger partial charge in [0.25, 0.3) is 5.91 Å². The summed E-state index contributed by atoms with van der Waals surface area (Å²) in [6, 6.07) is 12.9. The van der Waals surface area contributed by atoms with Gasteiger partial charge in [0, 0.05) is 31.7 Å². The summed E-state index contributed by atoms with van der Waals surface area (Å²) in [5.74, 6) is 0.957. The van der Waals surface area contributed by atoms with Crippen molar-refractivity contribution in [3.8, 4) is 5.75 Å². The molecule has 1 saturated heterocycles. The number of halogens is 1. The van der Waals surface area contributed by atoms with Gasteiger partial charge in [-0.25, -0.2) is 0 Å². The molecule has 156 valence electrons. The van der Waals surface area contributed by atoms with Gasteiger partial charge in [0.05, 0.1) is 23.0 Å². The summed E-state index contributed by atoms with van der Waals surface area (Å²) in [5, 5.41) is 3.70. The lowest BCUT2D eigenvalue weighted by Crippen LogP contribution is -2.46. The Balaban J connectivity index is 1.76. The lowest BCUT2D eigenvalue weighted by Gasteiger charge is -2.36. The molecular weight excluding hydrogens is 386 g/mol. The van der Waals surface area contributed by atoms with E-state index in [1.165, 1.54) is 0 Å². The van der Waals surface area contributed by atoms with Crippen molar-refractivity contribution in [1.82, 2.24) is 4.90 Å². The number of carbonyl (C=O) groups is 1. The summed E-state index contributed by atoms with van der Waals surface area (Å²) in [6.07, 6.45) is 0. The molecule has 1 aliphatic rings. The number of anilines is 2. The van der Waals surface area contributed by atoms with Gasteiger partial charge >= 0.3 is 0 Å². The lowest BCUT2D eigenvalue weighted by atomic mass is 10.1. The van der Waals surface area contributed by atoms with Crippen LogP contribution in [0.3, 0.4) is 0 Å². The second kappa shape index (κ2) is 9.99. The first kappa shape index (κ1) is 21.5. The normalized spacial score (nSPS) is 14.9. The van der Waals surface area contributed by atoms with Crippen LogP contribution in [0.15, 0.2) is 42.5 Å². The minimum Gasteiger partial charge on any atom is -0.493 e. The average molecular weight is 416 g/mol. The van der Waals surface area contributed by atoms with Crippen LogP contribution in [-0.2, 0) is 0 Å². The Morgan fingerprint density at radius 1 is 1.14 bits per heavy atom. The Morgan fingerprint density at radius 3 is 2.55 bits per heavy atom. The van der Waals surface area contributed by atoms with E-state index in [-0.39, 0.29) is 5.91 Å². The monoisotopic (exact) mass is 415 g/mol. The molecule has 0 atom stereocenters. The molecule has 0 radical (unpaired) electrons. The Labute approximate surface area is 178 Å². The van der Waals surface area contributed by atoms with Gasteiger partial charge in [-0.3, -0.25) is 4.79 Å². The number of ether oxygens (including phenoxy) is 1. The predicted molar refractivity (Wildman–Crippen MR) is 121 cm³/mol. The fourth-order valence-corrected chi connectivity index (χ4v) is 3.70. The molecule has 3 rings (SSSR count). The van der Waals surface area contributed by atoms with Crippen LogP contribution in [0.4, 0.5) is 11.4 Å². The summed E-state index contributed by atoms with van der Waals surface area (Å²) in [4.78, 5) is 17.6. The fraction of sp³-hybridized carbons (Fsp3) is 0.435. The first-order valence-corrected chi connectivity index (χ1v) is 10.7. The van der Waals surface area contributed by atoms with Crippen LogP contribution >= 0.6 is 11.6 Å². The number of amides is 1. The quantitative estimate of drug-likeness (QED) is 0.707. The Hall–Kier alpha value is -2.24. The molecule has 1 heterocycles. The van der Waals surface area contributed by atoms with Crippen LogP contribution in [0, 0.1) is 5.92 Å². The standard InChI is InChI=1S/C23H30ClN3O2/c1-4-26-11-13-27(14-12-26)22-20(24)9-6-10-21(22)25-23(28)18-7-5-8-19(15-18)29-16-17(2)3/h5-10,15,17H,4,11-14,16H2,1-3H3,(H,25,28). The van der Waals surface area contributed by atoms with Crippen LogP contribution < -0.4 is 15.0 Å². The van der Waals surface area contributed by atoms with E-state index in [2.05, 4.69) is 35.9 Å². The molecule has 0 bridgehead atoms. The summed E-state index contributed by atoms with van der Waals surface area (Å²) < 4.78 is 5.75. The van der Waals surface area contributed by atoms with E-state index in [0.29, 0.717) is 28.9 Å². The molecule has 0 aliphatic carbocycles. The zero-order chi connectivity index (χ0) is 20.8. The fourth-order valence-electron chi connectivity index (χ4n) is 3.41. The molecule has 2 aromatic rings. The second-order valence-electron chi connectivity index (χ2n) is 7.74. The van der Waals surface area contributed by atoms with Crippen LogP contribution in [-0.4, -0.2) is 50.1 Å². The number of piperazine rings is 1. The number of nitrogens with zero attached hydrogens (tertiary/aromatic N) is 2. The highest BCUT2D eigenvalue weighted by atomic mass is 35.5. The number of likely N-dealkylation sites (N-methyl/N-ethyl adjacent to an activating group) is 1. The van der Waals surface area contributed by atoms with Crippen molar-refractivity contribution in [2.45, 2.75) is 20.8 Å². The SMILES string of the molecule is CCN1CCN(c2c(Cl)cccc2NC(=O)c2cccc(OCC(C)C)c2)CC1. The largest absolute Gasteiger partial charge is 0.493 e. The van der Waals surface area contributed by atoms with Gasteiger partial charge in [-0.1, -0.05) is 44.5 Å². The lowest BCUT2D eigenvalue weighted by molar-refractivity contribution is 0.102. The van der Waals surface area contributed by atoms with Crippen LogP contribution in [0.2, 0.25) is 5.02 Å². The van der Waals surface area contributed by atoms with Crippen LogP contribution in [0.1, 0.15) is 31.1 Å². The molecule has 0 aromatic heterocycles. The van der Waals surface area contributed by atoms with Crippen LogP contribution in [0.25, 0.3) is 0 Å². The maximum absolute atomic E-state index is 12.9.